The van der Waals surface area contributed by atoms with Gasteiger partial charge in [0.25, 0.3) is 0 Å². The summed E-state index contributed by atoms with van der Waals surface area (Å²) < 4.78 is 66.4. The maximum Gasteiger partial charge on any atom is 0.200 e. The topological polar surface area (TPSA) is 0 Å². The van der Waals surface area contributed by atoms with E-state index in [-0.39, 0.29) is 10.0 Å². The molecule has 19 heavy (non-hydrogen) atoms. The molecule has 0 amide bonds. The van der Waals surface area contributed by atoms with Crippen LogP contribution in [0.3, 0.4) is 0 Å². The van der Waals surface area contributed by atoms with Gasteiger partial charge in [0, 0.05) is 5.56 Å². The van der Waals surface area contributed by atoms with Gasteiger partial charge in [-0.25, -0.2) is 22.0 Å². The third-order valence-electron chi connectivity index (χ3n) is 2.42. The van der Waals surface area contributed by atoms with Crippen LogP contribution in [-0.2, 0) is 0 Å². The van der Waals surface area contributed by atoms with Crippen molar-refractivity contribution in [3.8, 4) is 11.1 Å². The van der Waals surface area contributed by atoms with Crippen LogP contribution >= 0.6 is 23.2 Å². The zero-order chi connectivity index (χ0) is 14.3. The highest BCUT2D eigenvalue weighted by Gasteiger charge is 2.28. The Morgan fingerprint density at radius 1 is 0.579 bits per heavy atom. The summed E-state index contributed by atoms with van der Waals surface area (Å²) >= 11 is 11.4. The minimum absolute atomic E-state index is 0.226. The molecule has 0 nitrogen and oxygen atoms in total. The Balaban J connectivity index is 2.92. The molecule has 2 rings (SSSR count). The summed E-state index contributed by atoms with van der Waals surface area (Å²) in [6.07, 6.45) is 0. The van der Waals surface area contributed by atoms with Crippen LogP contribution in [0.2, 0.25) is 10.0 Å². The lowest BCUT2D eigenvalue weighted by Gasteiger charge is -2.11. The Labute approximate surface area is 114 Å². The van der Waals surface area contributed by atoms with E-state index in [4.69, 9.17) is 23.2 Å². The summed E-state index contributed by atoms with van der Waals surface area (Å²) in [6, 6.07) is 3.82. The second-order valence-electron chi connectivity index (χ2n) is 3.54. The molecule has 0 spiro atoms. The van der Waals surface area contributed by atoms with Crippen LogP contribution < -0.4 is 0 Å². The molecule has 0 saturated heterocycles. The first-order chi connectivity index (χ1) is 8.86. The Kier molecular flexibility index (Phi) is 3.69. The molecule has 0 aliphatic carbocycles. The van der Waals surface area contributed by atoms with Crippen molar-refractivity contribution in [1.82, 2.24) is 0 Å². The molecule has 0 saturated carbocycles. The van der Waals surface area contributed by atoms with Crippen molar-refractivity contribution >= 4 is 23.2 Å². The smallest absolute Gasteiger partial charge is 0.200 e. The van der Waals surface area contributed by atoms with E-state index in [0.717, 1.165) is 0 Å². The first kappa shape index (κ1) is 14.1. The van der Waals surface area contributed by atoms with Gasteiger partial charge in [0.2, 0.25) is 5.82 Å². The summed E-state index contributed by atoms with van der Waals surface area (Å²) in [5, 5.41) is -0.452. The molecule has 100 valence electrons. The van der Waals surface area contributed by atoms with Crippen molar-refractivity contribution in [2.24, 2.45) is 0 Å². The Hall–Kier alpha value is -1.33. The number of hydrogen-bond donors (Lipinski definition) is 0. The molecule has 0 N–H and O–H groups in total. The molecule has 0 bridgehead atoms. The van der Waals surface area contributed by atoms with E-state index in [1.54, 1.807) is 0 Å². The fourth-order valence-corrected chi connectivity index (χ4v) is 2.15. The number of halogens is 7. The SMILES string of the molecule is Fc1c(F)c(F)c(-c2c(Cl)cccc2Cl)c(F)c1F. The number of benzene rings is 2. The van der Waals surface area contributed by atoms with Gasteiger partial charge in [0.15, 0.2) is 23.3 Å². The van der Waals surface area contributed by atoms with Crippen LogP contribution in [0.4, 0.5) is 22.0 Å². The van der Waals surface area contributed by atoms with Gasteiger partial charge in [0.05, 0.1) is 15.6 Å². The van der Waals surface area contributed by atoms with E-state index in [1.807, 2.05) is 0 Å². The molecule has 0 aliphatic rings. The summed E-state index contributed by atoms with van der Waals surface area (Å²) in [6.45, 7) is 0. The maximum absolute atomic E-state index is 13.6. The van der Waals surface area contributed by atoms with Gasteiger partial charge < -0.3 is 0 Å². The van der Waals surface area contributed by atoms with Crippen LogP contribution in [0.15, 0.2) is 18.2 Å². The summed E-state index contributed by atoms with van der Waals surface area (Å²) in [5.74, 6) is -10.3. The highest BCUT2D eigenvalue weighted by molar-refractivity contribution is 6.39. The molecular weight excluding hydrogens is 310 g/mol. The van der Waals surface area contributed by atoms with Crippen LogP contribution in [0, 0.1) is 29.1 Å². The van der Waals surface area contributed by atoms with Crippen molar-refractivity contribution < 1.29 is 22.0 Å². The second kappa shape index (κ2) is 4.98. The van der Waals surface area contributed by atoms with E-state index < -0.39 is 40.2 Å². The lowest BCUT2D eigenvalue weighted by molar-refractivity contribution is 0.381. The summed E-state index contributed by atoms with van der Waals surface area (Å²) in [5.41, 5.74) is -1.59. The van der Waals surface area contributed by atoms with Crippen molar-refractivity contribution in [2.75, 3.05) is 0 Å². The predicted molar refractivity (Wildman–Crippen MR) is 61.7 cm³/mol. The number of rotatable bonds is 1. The quantitative estimate of drug-likeness (QED) is 0.378. The second-order valence-corrected chi connectivity index (χ2v) is 4.36. The fraction of sp³-hybridized carbons (Fsp3) is 0. The molecule has 2 aromatic carbocycles. The van der Waals surface area contributed by atoms with Gasteiger partial charge in [-0.15, -0.1) is 0 Å². The Bertz CT molecular complexity index is 620. The minimum atomic E-state index is -2.23. The monoisotopic (exact) mass is 312 g/mol. The van der Waals surface area contributed by atoms with Crippen LogP contribution in [0.25, 0.3) is 11.1 Å². The maximum atomic E-state index is 13.6. The molecule has 0 unspecified atom stereocenters. The van der Waals surface area contributed by atoms with Crippen LogP contribution in [0.1, 0.15) is 0 Å². The first-order valence-electron chi connectivity index (χ1n) is 4.82. The molecule has 0 aliphatic heterocycles. The molecule has 0 aromatic heterocycles. The highest BCUT2D eigenvalue weighted by atomic mass is 35.5. The summed E-state index contributed by atoms with van der Waals surface area (Å²) in [7, 11) is 0. The van der Waals surface area contributed by atoms with Crippen LogP contribution in [0.5, 0.6) is 0 Å². The fourth-order valence-electron chi connectivity index (χ4n) is 1.56. The Morgan fingerprint density at radius 3 is 1.37 bits per heavy atom. The van der Waals surface area contributed by atoms with Gasteiger partial charge in [-0.1, -0.05) is 29.3 Å². The zero-order valence-electron chi connectivity index (χ0n) is 8.88. The van der Waals surface area contributed by atoms with Gasteiger partial charge in [0.1, 0.15) is 0 Å². The Morgan fingerprint density at radius 2 is 0.947 bits per heavy atom. The lowest BCUT2D eigenvalue weighted by atomic mass is 10.0. The molecular formula is C12H3Cl2F5. The molecule has 0 heterocycles. The van der Waals surface area contributed by atoms with E-state index in [1.165, 1.54) is 18.2 Å². The first-order valence-corrected chi connectivity index (χ1v) is 5.57. The van der Waals surface area contributed by atoms with Crippen molar-refractivity contribution in [3.05, 3.63) is 57.3 Å². The zero-order valence-corrected chi connectivity index (χ0v) is 10.4. The van der Waals surface area contributed by atoms with E-state index in [2.05, 4.69) is 0 Å². The van der Waals surface area contributed by atoms with Crippen molar-refractivity contribution in [3.63, 3.8) is 0 Å². The van der Waals surface area contributed by atoms with Crippen LogP contribution in [-0.4, -0.2) is 0 Å². The average Bonchev–Trinajstić information content (AvgIpc) is 2.37. The van der Waals surface area contributed by atoms with E-state index >= 15 is 0 Å². The predicted octanol–water partition coefficient (Wildman–Crippen LogP) is 5.36. The van der Waals surface area contributed by atoms with Gasteiger partial charge in [-0.2, -0.15) is 0 Å². The molecule has 2 aromatic rings. The van der Waals surface area contributed by atoms with E-state index in [9.17, 15) is 22.0 Å². The normalized spacial score (nSPS) is 10.9. The van der Waals surface area contributed by atoms with Gasteiger partial charge in [-0.05, 0) is 12.1 Å². The van der Waals surface area contributed by atoms with Gasteiger partial charge in [-0.3, -0.25) is 0 Å². The van der Waals surface area contributed by atoms with Gasteiger partial charge >= 0.3 is 0 Å². The third-order valence-corrected chi connectivity index (χ3v) is 3.05. The third kappa shape index (κ3) is 2.17. The molecule has 0 radical (unpaired) electrons. The van der Waals surface area contributed by atoms with Crippen molar-refractivity contribution in [2.45, 2.75) is 0 Å². The molecule has 7 heteroatoms. The lowest BCUT2D eigenvalue weighted by Crippen LogP contribution is -2.04. The summed E-state index contributed by atoms with van der Waals surface area (Å²) in [4.78, 5) is 0. The highest BCUT2D eigenvalue weighted by Crippen LogP contribution is 2.39. The average molecular weight is 313 g/mol. The number of hydrogen-bond acceptors (Lipinski definition) is 0. The minimum Gasteiger partial charge on any atom is -0.203 e. The van der Waals surface area contributed by atoms with Crippen molar-refractivity contribution in [1.29, 1.82) is 0 Å². The molecule has 0 atom stereocenters. The standard InChI is InChI=1S/C12H3Cl2F5/c13-4-2-1-3-5(14)6(4)7-8(15)10(17)12(19)11(18)9(7)16/h1-3H. The largest absolute Gasteiger partial charge is 0.203 e. The van der Waals surface area contributed by atoms with E-state index in [0.29, 0.717) is 0 Å². The molecule has 0 fully saturated rings.